The van der Waals surface area contributed by atoms with Crippen LogP contribution in [-0.2, 0) is 27.8 Å². The highest BCUT2D eigenvalue weighted by atomic mass is 32.2. The molecule has 23 heavy (non-hydrogen) atoms. The number of piperidine rings is 1. The molecule has 0 unspecified atom stereocenters. The van der Waals surface area contributed by atoms with Crippen LogP contribution in [0.15, 0.2) is 0 Å². The molecule has 0 aromatic carbocycles. The molecule has 1 aromatic heterocycles. The zero-order chi connectivity index (χ0) is 16.6. The molecular weight excluding hydrogens is 318 g/mol. The van der Waals surface area contributed by atoms with Crippen LogP contribution in [0.3, 0.4) is 0 Å². The molecule has 3 rings (SSSR count). The zero-order valence-corrected chi connectivity index (χ0v) is 14.3. The van der Waals surface area contributed by atoms with Gasteiger partial charge in [0, 0.05) is 26.1 Å². The number of hydrogen-bond donors (Lipinski definition) is 1. The summed E-state index contributed by atoms with van der Waals surface area (Å²) >= 11 is 0. The summed E-state index contributed by atoms with van der Waals surface area (Å²) in [5.74, 6) is 1.34. The van der Waals surface area contributed by atoms with E-state index >= 15 is 0 Å². The van der Waals surface area contributed by atoms with Gasteiger partial charge in [-0.05, 0) is 26.2 Å². The molecule has 1 amide bonds. The van der Waals surface area contributed by atoms with Gasteiger partial charge < -0.3 is 9.88 Å². The summed E-state index contributed by atoms with van der Waals surface area (Å²) < 4.78 is 26.8. The van der Waals surface area contributed by atoms with E-state index in [4.69, 9.17) is 0 Å². The monoisotopic (exact) mass is 341 g/mol. The topological polar surface area (TPSA) is 97.2 Å². The summed E-state index contributed by atoms with van der Waals surface area (Å²) in [6, 6.07) is -0.226. The van der Waals surface area contributed by atoms with Crippen molar-refractivity contribution in [2.75, 3.05) is 19.3 Å². The third kappa shape index (κ3) is 3.40. The molecule has 0 spiro atoms. The van der Waals surface area contributed by atoms with Gasteiger partial charge >= 0.3 is 0 Å². The Morgan fingerprint density at radius 1 is 1.30 bits per heavy atom. The Balaban J connectivity index is 1.64. The number of aromatic nitrogens is 3. The van der Waals surface area contributed by atoms with Crippen molar-refractivity contribution in [3.05, 3.63) is 11.6 Å². The molecule has 1 fully saturated rings. The minimum Gasteiger partial charge on any atom is -0.346 e. The van der Waals surface area contributed by atoms with E-state index in [2.05, 4.69) is 20.1 Å². The van der Waals surface area contributed by atoms with Gasteiger partial charge in [-0.15, -0.1) is 10.2 Å². The molecule has 2 aliphatic heterocycles. The second kappa shape index (κ2) is 6.20. The van der Waals surface area contributed by atoms with E-state index in [0.29, 0.717) is 19.4 Å². The minimum atomic E-state index is -3.25. The predicted molar refractivity (Wildman–Crippen MR) is 84.0 cm³/mol. The molecule has 2 atom stereocenters. The van der Waals surface area contributed by atoms with Crippen LogP contribution < -0.4 is 5.32 Å². The lowest BCUT2D eigenvalue weighted by molar-refractivity contribution is -0.126. The molecule has 0 radical (unpaired) electrons. The highest BCUT2D eigenvalue weighted by Gasteiger charge is 2.31. The number of hydrogen-bond acceptors (Lipinski definition) is 5. The number of nitrogens with one attached hydrogen (secondary N) is 1. The molecule has 3 heterocycles. The van der Waals surface area contributed by atoms with Crippen molar-refractivity contribution >= 4 is 15.9 Å². The average molecular weight is 341 g/mol. The first-order valence-corrected chi connectivity index (χ1v) is 9.88. The molecule has 0 aliphatic carbocycles. The van der Waals surface area contributed by atoms with Crippen LogP contribution in [0.4, 0.5) is 0 Å². The number of nitrogens with zero attached hydrogens (tertiary/aromatic N) is 4. The number of carbonyl (C=O) groups excluding carboxylic acids is 1. The lowest BCUT2D eigenvalue weighted by Gasteiger charge is -2.30. The maximum atomic E-state index is 12.5. The molecule has 9 heteroatoms. The van der Waals surface area contributed by atoms with Gasteiger partial charge in [0.2, 0.25) is 15.9 Å². The molecule has 1 N–H and O–H groups in total. The Bertz CT molecular complexity index is 699. The van der Waals surface area contributed by atoms with E-state index < -0.39 is 10.0 Å². The Hall–Kier alpha value is -1.48. The maximum absolute atomic E-state index is 12.5. The number of sulfonamides is 1. The number of fused-ring (bicyclic) bond motifs is 1. The van der Waals surface area contributed by atoms with Crippen molar-refractivity contribution in [1.82, 2.24) is 24.4 Å². The largest absolute Gasteiger partial charge is 0.346 e. The highest BCUT2D eigenvalue weighted by Crippen LogP contribution is 2.22. The fraction of sp³-hybridized carbons (Fsp3) is 0.786. The first-order chi connectivity index (χ1) is 10.9. The summed E-state index contributed by atoms with van der Waals surface area (Å²) in [6.07, 6.45) is 4.60. The van der Waals surface area contributed by atoms with Crippen molar-refractivity contribution in [2.45, 2.75) is 45.2 Å². The van der Waals surface area contributed by atoms with Crippen LogP contribution in [-0.4, -0.2) is 52.7 Å². The SMILES string of the molecule is C[C@@H](NC(=O)[C@H]1CCCN(S(C)(=O)=O)C1)c1nnc2n1CCC2. The van der Waals surface area contributed by atoms with Gasteiger partial charge in [-0.1, -0.05) is 0 Å². The zero-order valence-electron chi connectivity index (χ0n) is 13.5. The van der Waals surface area contributed by atoms with E-state index in [0.717, 1.165) is 31.0 Å². The van der Waals surface area contributed by atoms with E-state index in [1.807, 2.05) is 6.92 Å². The first-order valence-electron chi connectivity index (χ1n) is 8.03. The quantitative estimate of drug-likeness (QED) is 0.836. The summed E-state index contributed by atoms with van der Waals surface area (Å²) in [5, 5.41) is 11.3. The normalized spacial score (nSPS) is 23.5. The van der Waals surface area contributed by atoms with Gasteiger partial charge in [0.05, 0.1) is 18.2 Å². The van der Waals surface area contributed by atoms with Crippen molar-refractivity contribution in [3.8, 4) is 0 Å². The molecular formula is C14H23N5O3S. The molecule has 1 saturated heterocycles. The van der Waals surface area contributed by atoms with E-state index in [9.17, 15) is 13.2 Å². The third-order valence-corrected chi connectivity index (χ3v) is 5.88. The smallest absolute Gasteiger partial charge is 0.225 e. The van der Waals surface area contributed by atoms with Gasteiger partial charge in [-0.25, -0.2) is 12.7 Å². The minimum absolute atomic E-state index is 0.110. The van der Waals surface area contributed by atoms with Gasteiger partial charge in [0.1, 0.15) is 5.82 Å². The van der Waals surface area contributed by atoms with Gasteiger partial charge in [-0.3, -0.25) is 4.79 Å². The van der Waals surface area contributed by atoms with E-state index in [1.54, 1.807) is 0 Å². The Labute approximate surface area is 136 Å². The number of amides is 1. The van der Waals surface area contributed by atoms with Crippen LogP contribution >= 0.6 is 0 Å². The lowest BCUT2D eigenvalue weighted by atomic mass is 9.98. The molecule has 0 bridgehead atoms. The number of rotatable bonds is 4. The van der Waals surface area contributed by atoms with Gasteiger partial charge in [0.15, 0.2) is 5.82 Å². The van der Waals surface area contributed by atoms with Crippen LogP contribution in [0.25, 0.3) is 0 Å². The summed E-state index contributed by atoms with van der Waals surface area (Å²) in [5.41, 5.74) is 0. The summed E-state index contributed by atoms with van der Waals surface area (Å²) in [6.45, 7) is 3.54. The van der Waals surface area contributed by atoms with Crippen molar-refractivity contribution in [2.24, 2.45) is 5.92 Å². The standard InChI is InChI=1S/C14H23N5O3S/c1-10(13-17-16-12-6-4-8-19(12)13)15-14(20)11-5-3-7-18(9-11)23(2,21)22/h10-11H,3-9H2,1-2H3,(H,15,20)/t10-,11+/m1/s1. The lowest BCUT2D eigenvalue weighted by Crippen LogP contribution is -2.45. The number of aryl methyl sites for hydroxylation is 1. The third-order valence-electron chi connectivity index (χ3n) is 4.61. The van der Waals surface area contributed by atoms with Gasteiger partial charge in [-0.2, -0.15) is 0 Å². The molecule has 0 saturated carbocycles. The second-order valence-electron chi connectivity index (χ2n) is 6.42. The van der Waals surface area contributed by atoms with Crippen LogP contribution in [0.2, 0.25) is 0 Å². The second-order valence-corrected chi connectivity index (χ2v) is 8.40. The number of carbonyl (C=O) groups is 1. The van der Waals surface area contributed by atoms with Crippen LogP contribution in [0.1, 0.15) is 43.9 Å². The Morgan fingerprint density at radius 3 is 2.83 bits per heavy atom. The maximum Gasteiger partial charge on any atom is 0.225 e. The van der Waals surface area contributed by atoms with Crippen LogP contribution in [0, 0.1) is 5.92 Å². The average Bonchev–Trinajstić information content (AvgIpc) is 3.09. The van der Waals surface area contributed by atoms with Gasteiger partial charge in [0.25, 0.3) is 0 Å². The van der Waals surface area contributed by atoms with E-state index in [1.165, 1.54) is 10.6 Å². The summed E-state index contributed by atoms with van der Waals surface area (Å²) in [4.78, 5) is 12.5. The molecule has 128 valence electrons. The first kappa shape index (κ1) is 16.4. The molecule has 2 aliphatic rings. The fourth-order valence-electron chi connectivity index (χ4n) is 3.35. The van der Waals surface area contributed by atoms with Crippen molar-refractivity contribution in [1.29, 1.82) is 0 Å². The molecule has 8 nitrogen and oxygen atoms in total. The van der Waals surface area contributed by atoms with Crippen LogP contribution in [0.5, 0.6) is 0 Å². The Morgan fingerprint density at radius 2 is 2.09 bits per heavy atom. The molecule has 1 aromatic rings. The van der Waals surface area contributed by atoms with Crippen molar-refractivity contribution < 1.29 is 13.2 Å². The van der Waals surface area contributed by atoms with Crippen molar-refractivity contribution in [3.63, 3.8) is 0 Å². The predicted octanol–water partition coefficient (Wildman–Crippen LogP) is 0.0731. The summed E-state index contributed by atoms with van der Waals surface area (Å²) in [7, 11) is -3.25. The Kier molecular flexibility index (Phi) is 4.41. The van der Waals surface area contributed by atoms with E-state index in [-0.39, 0.29) is 24.4 Å². The fourth-order valence-corrected chi connectivity index (χ4v) is 4.26. The highest BCUT2D eigenvalue weighted by molar-refractivity contribution is 7.88.